The highest BCUT2D eigenvalue weighted by atomic mass is 32.2. The van der Waals surface area contributed by atoms with Gasteiger partial charge in [-0.15, -0.1) is 11.3 Å². The SMILES string of the molecule is Cn1ccc(S(=O)(=O)NCCNC(=O)Cc2cccs2)c1. The molecule has 2 aromatic heterocycles. The first kappa shape index (κ1) is 15.7. The Kier molecular flexibility index (Phi) is 5.16. The Balaban J connectivity index is 1.73. The summed E-state index contributed by atoms with van der Waals surface area (Å²) in [6, 6.07) is 5.31. The van der Waals surface area contributed by atoms with Crippen molar-refractivity contribution in [2.24, 2.45) is 7.05 Å². The van der Waals surface area contributed by atoms with Crippen LogP contribution in [0, 0.1) is 0 Å². The van der Waals surface area contributed by atoms with E-state index in [1.54, 1.807) is 17.8 Å². The molecule has 0 atom stereocenters. The molecular formula is C13H17N3O3S2. The Morgan fingerprint density at radius 2 is 2.14 bits per heavy atom. The highest BCUT2D eigenvalue weighted by molar-refractivity contribution is 7.89. The van der Waals surface area contributed by atoms with Crippen LogP contribution < -0.4 is 10.0 Å². The molecule has 1 amide bonds. The Labute approximate surface area is 127 Å². The fraction of sp³-hybridized carbons (Fsp3) is 0.308. The summed E-state index contributed by atoms with van der Waals surface area (Å²) >= 11 is 1.52. The second kappa shape index (κ2) is 6.88. The first-order valence-electron chi connectivity index (χ1n) is 6.38. The number of carbonyl (C=O) groups excluding carboxylic acids is 1. The highest BCUT2D eigenvalue weighted by Gasteiger charge is 2.14. The van der Waals surface area contributed by atoms with Crippen LogP contribution in [-0.2, 0) is 28.3 Å². The summed E-state index contributed by atoms with van der Waals surface area (Å²) in [4.78, 5) is 12.8. The summed E-state index contributed by atoms with van der Waals surface area (Å²) in [5, 5.41) is 4.60. The van der Waals surface area contributed by atoms with Crippen LogP contribution in [0.5, 0.6) is 0 Å². The predicted octanol–water partition coefficient (Wildman–Crippen LogP) is 0.724. The molecule has 0 spiro atoms. The number of carbonyl (C=O) groups is 1. The lowest BCUT2D eigenvalue weighted by molar-refractivity contribution is -0.120. The molecule has 0 bridgehead atoms. The van der Waals surface area contributed by atoms with Crippen LogP contribution in [0.4, 0.5) is 0 Å². The van der Waals surface area contributed by atoms with Gasteiger partial charge in [0.2, 0.25) is 15.9 Å². The molecule has 8 heteroatoms. The van der Waals surface area contributed by atoms with E-state index in [0.717, 1.165) is 4.88 Å². The van der Waals surface area contributed by atoms with Gasteiger partial charge >= 0.3 is 0 Å². The summed E-state index contributed by atoms with van der Waals surface area (Å²) in [6.45, 7) is 0.420. The summed E-state index contributed by atoms with van der Waals surface area (Å²) in [5.74, 6) is -0.114. The molecule has 0 saturated heterocycles. The molecule has 2 rings (SSSR count). The number of aryl methyl sites for hydroxylation is 1. The zero-order valence-corrected chi connectivity index (χ0v) is 13.2. The van der Waals surface area contributed by atoms with Crippen molar-refractivity contribution >= 4 is 27.3 Å². The van der Waals surface area contributed by atoms with Crippen LogP contribution in [0.25, 0.3) is 0 Å². The van der Waals surface area contributed by atoms with Crippen LogP contribution >= 0.6 is 11.3 Å². The van der Waals surface area contributed by atoms with Crippen LogP contribution in [0.1, 0.15) is 4.88 Å². The third-order valence-electron chi connectivity index (χ3n) is 2.77. The van der Waals surface area contributed by atoms with Crippen molar-refractivity contribution in [1.82, 2.24) is 14.6 Å². The zero-order valence-electron chi connectivity index (χ0n) is 11.6. The summed E-state index contributed by atoms with van der Waals surface area (Å²) in [6.07, 6.45) is 3.51. The maximum absolute atomic E-state index is 11.9. The molecule has 2 N–H and O–H groups in total. The average molecular weight is 327 g/mol. The number of hydrogen-bond acceptors (Lipinski definition) is 4. The number of amides is 1. The molecule has 0 aliphatic carbocycles. The standard InChI is InChI=1S/C13H17N3O3S2/c1-16-7-4-12(10-16)21(18,19)15-6-5-14-13(17)9-11-3-2-8-20-11/h2-4,7-8,10,15H,5-6,9H2,1H3,(H,14,17). The lowest BCUT2D eigenvalue weighted by Crippen LogP contribution is -2.35. The second-order valence-electron chi connectivity index (χ2n) is 4.52. The number of aromatic nitrogens is 1. The highest BCUT2D eigenvalue weighted by Crippen LogP contribution is 2.09. The second-order valence-corrected chi connectivity index (χ2v) is 7.32. The number of thiophene rings is 1. The fourth-order valence-corrected chi connectivity index (χ4v) is 3.53. The number of sulfonamides is 1. The van der Waals surface area contributed by atoms with Gasteiger partial charge in [-0.3, -0.25) is 4.79 Å². The Morgan fingerprint density at radius 1 is 1.33 bits per heavy atom. The van der Waals surface area contributed by atoms with E-state index in [0.29, 0.717) is 6.42 Å². The maximum atomic E-state index is 11.9. The minimum Gasteiger partial charge on any atom is -0.356 e. The van der Waals surface area contributed by atoms with E-state index < -0.39 is 10.0 Å². The lowest BCUT2D eigenvalue weighted by atomic mass is 10.3. The van der Waals surface area contributed by atoms with Crippen molar-refractivity contribution in [3.05, 3.63) is 40.8 Å². The first-order valence-corrected chi connectivity index (χ1v) is 8.74. The minimum atomic E-state index is -3.51. The van der Waals surface area contributed by atoms with Crippen LogP contribution in [0.3, 0.4) is 0 Å². The number of hydrogen-bond donors (Lipinski definition) is 2. The van der Waals surface area contributed by atoms with E-state index in [-0.39, 0.29) is 23.9 Å². The Morgan fingerprint density at radius 3 is 2.76 bits per heavy atom. The maximum Gasteiger partial charge on any atom is 0.242 e. The van der Waals surface area contributed by atoms with Crippen LogP contribution in [-0.4, -0.2) is 32.0 Å². The third-order valence-corrected chi connectivity index (χ3v) is 5.09. The number of nitrogens with zero attached hydrogens (tertiary/aromatic N) is 1. The van der Waals surface area contributed by atoms with Crippen LogP contribution in [0.15, 0.2) is 40.9 Å². The van der Waals surface area contributed by atoms with Gasteiger partial charge in [0.1, 0.15) is 0 Å². The van der Waals surface area contributed by atoms with Crippen molar-refractivity contribution in [1.29, 1.82) is 0 Å². The molecule has 6 nitrogen and oxygen atoms in total. The number of nitrogens with one attached hydrogen (secondary N) is 2. The van der Waals surface area contributed by atoms with Gasteiger partial charge in [-0.2, -0.15) is 0 Å². The molecule has 2 heterocycles. The molecule has 114 valence electrons. The van der Waals surface area contributed by atoms with Crippen molar-refractivity contribution in [2.45, 2.75) is 11.3 Å². The fourth-order valence-electron chi connectivity index (χ4n) is 1.74. The van der Waals surface area contributed by atoms with Gasteiger partial charge in [0.25, 0.3) is 0 Å². The molecule has 0 saturated carbocycles. The molecule has 0 fully saturated rings. The molecule has 0 aromatic carbocycles. The average Bonchev–Trinajstić information content (AvgIpc) is 3.06. The zero-order chi connectivity index (χ0) is 15.3. The van der Waals surface area contributed by atoms with Gasteiger partial charge in [0.15, 0.2) is 0 Å². The first-order chi connectivity index (χ1) is 9.97. The molecule has 0 unspecified atom stereocenters. The van der Waals surface area contributed by atoms with E-state index in [1.165, 1.54) is 23.6 Å². The van der Waals surface area contributed by atoms with E-state index >= 15 is 0 Å². The largest absolute Gasteiger partial charge is 0.356 e. The molecule has 0 aliphatic rings. The Bertz CT molecular complexity index is 690. The topological polar surface area (TPSA) is 80.2 Å². The quantitative estimate of drug-likeness (QED) is 0.736. The summed E-state index contributed by atoms with van der Waals surface area (Å²) < 4.78 is 27.9. The van der Waals surface area contributed by atoms with E-state index in [1.807, 2.05) is 17.5 Å². The van der Waals surface area contributed by atoms with E-state index in [4.69, 9.17) is 0 Å². The van der Waals surface area contributed by atoms with Crippen molar-refractivity contribution in [3.8, 4) is 0 Å². The van der Waals surface area contributed by atoms with Crippen molar-refractivity contribution in [2.75, 3.05) is 13.1 Å². The number of rotatable bonds is 7. The van der Waals surface area contributed by atoms with E-state index in [9.17, 15) is 13.2 Å². The molecular weight excluding hydrogens is 310 g/mol. The van der Waals surface area contributed by atoms with Crippen LogP contribution in [0.2, 0.25) is 0 Å². The van der Waals surface area contributed by atoms with Gasteiger partial charge in [-0.05, 0) is 17.5 Å². The van der Waals surface area contributed by atoms with Gasteiger partial charge in [0, 0.05) is 37.4 Å². The molecule has 0 radical (unpaired) electrons. The van der Waals surface area contributed by atoms with Gasteiger partial charge in [-0.1, -0.05) is 6.07 Å². The third kappa shape index (κ3) is 4.69. The van der Waals surface area contributed by atoms with Gasteiger partial charge < -0.3 is 9.88 Å². The van der Waals surface area contributed by atoms with Crippen molar-refractivity contribution in [3.63, 3.8) is 0 Å². The summed E-state index contributed by atoms with van der Waals surface area (Å²) in [5.41, 5.74) is 0. The minimum absolute atomic E-state index is 0.114. The molecule has 21 heavy (non-hydrogen) atoms. The smallest absolute Gasteiger partial charge is 0.242 e. The predicted molar refractivity (Wildman–Crippen MR) is 81.6 cm³/mol. The molecule has 0 aliphatic heterocycles. The lowest BCUT2D eigenvalue weighted by Gasteiger charge is -2.06. The Hall–Kier alpha value is -1.64. The van der Waals surface area contributed by atoms with Crippen molar-refractivity contribution < 1.29 is 13.2 Å². The molecule has 2 aromatic rings. The normalized spacial score (nSPS) is 11.5. The van der Waals surface area contributed by atoms with Gasteiger partial charge in [-0.25, -0.2) is 13.1 Å². The van der Waals surface area contributed by atoms with Gasteiger partial charge in [0.05, 0.1) is 11.3 Å². The monoisotopic (exact) mass is 327 g/mol. The summed E-state index contributed by atoms with van der Waals surface area (Å²) in [7, 11) is -1.75. The van der Waals surface area contributed by atoms with E-state index in [2.05, 4.69) is 10.0 Å².